The zero-order chi connectivity index (χ0) is 20.5. The molecule has 0 saturated heterocycles. The van der Waals surface area contributed by atoms with Crippen LogP contribution in [-0.2, 0) is 6.42 Å². The number of hydrogen-bond acceptors (Lipinski definition) is 5. The van der Waals surface area contributed by atoms with Gasteiger partial charge in [-0.05, 0) is 41.8 Å². The summed E-state index contributed by atoms with van der Waals surface area (Å²) in [5, 5.41) is 4.63. The first kappa shape index (κ1) is 19.6. The van der Waals surface area contributed by atoms with Crippen LogP contribution in [-0.4, -0.2) is 36.7 Å². The Balaban J connectivity index is 1.92. The molecule has 1 aromatic heterocycles. The van der Waals surface area contributed by atoms with Crippen LogP contribution < -0.4 is 9.47 Å². The lowest BCUT2D eigenvalue weighted by Gasteiger charge is -2.38. The molecular formula is C21H18Cl2N2O4. The fourth-order valence-corrected chi connectivity index (χ4v) is 4.30. The highest BCUT2D eigenvalue weighted by Gasteiger charge is 2.36. The van der Waals surface area contributed by atoms with Crippen molar-refractivity contribution in [3.8, 4) is 11.5 Å². The molecule has 1 aliphatic heterocycles. The molecule has 1 atom stereocenters. The van der Waals surface area contributed by atoms with Gasteiger partial charge in [0.1, 0.15) is 11.5 Å². The Hall–Kier alpha value is -2.70. The molecule has 2 aromatic carbocycles. The third-order valence-electron chi connectivity index (χ3n) is 4.97. The maximum absolute atomic E-state index is 13.2. The first-order valence-corrected chi connectivity index (χ1v) is 9.70. The van der Waals surface area contributed by atoms with E-state index in [1.165, 1.54) is 6.20 Å². The molecule has 6 nitrogen and oxygen atoms in total. The Bertz CT molecular complexity index is 1020. The van der Waals surface area contributed by atoms with E-state index < -0.39 is 6.04 Å². The van der Waals surface area contributed by atoms with Crippen molar-refractivity contribution in [2.24, 2.45) is 0 Å². The third kappa shape index (κ3) is 3.66. The van der Waals surface area contributed by atoms with Crippen LogP contribution in [0.3, 0.4) is 0 Å². The van der Waals surface area contributed by atoms with Crippen LogP contribution >= 0.6 is 23.2 Å². The number of aromatic nitrogens is 1. The first-order valence-electron chi connectivity index (χ1n) is 8.94. The van der Waals surface area contributed by atoms with Crippen molar-refractivity contribution >= 4 is 29.1 Å². The van der Waals surface area contributed by atoms with Crippen molar-refractivity contribution in [1.82, 2.24) is 10.1 Å². The van der Waals surface area contributed by atoms with Crippen molar-refractivity contribution in [1.29, 1.82) is 0 Å². The fraction of sp³-hybridized carbons (Fsp3) is 0.238. The standard InChI is InChI=1S/C21H18Cl2N2O4/c1-27-16-9-12-4-6-25(21(26)17-3-5-24-29-17)20(19(12)18(11-16)28-2)13-7-14(22)10-15(23)8-13/h3,5,7-11,20H,4,6H2,1-2H3. The smallest absolute Gasteiger partial charge is 0.293 e. The highest BCUT2D eigenvalue weighted by molar-refractivity contribution is 6.34. The van der Waals surface area contributed by atoms with Crippen LogP contribution in [0.4, 0.5) is 0 Å². The number of fused-ring (bicyclic) bond motifs is 1. The topological polar surface area (TPSA) is 64.8 Å². The van der Waals surface area contributed by atoms with Gasteiger partial charge in [-0.15, -0.1) is 0 Å². The molecule has 29 heavy (non-hydrogen) atoms. The summed E-state index contributed by atoms with van der Waals surface area (Å²) in [4.78, 5) is 14.9. The van der Waals surface area contributed by atoms with E-state index in [0.29, 0.717) is 34.5 Å². The molecule has 1 unspecified atom stereocenters. The SMILES string of the molecule is COc1cc2c(c(OC)c1)C(c1cc(Cl)cc(Cl)c1)N(C(=O)c1ccno1)CC2. The summed E-state index contributed by atoms with van der Waals surface area (Å²) >= 11 is 12.6. The molecular weight excluding hydrogens is 415 g/mol. The van der Waals surface area contributed by atoms with E-state index in [-0.39, 0.29) is 11.7 Å². The predicted octanol–water partition coefficient (Wildman–Crippen LogP) is 4.79. The van der Waals surface area contributed by atoms with Crippen LogP contribution in [0.25, 0.3) is 0 Å². The van der Waals surface area contributed by atoms with Gasteiger partial charge < -0.3 is 18.9 Å². The van der Waals surface area contributed by atoms with E-state index in [0.717, 1.165) is 16.7 Å². The van der Waals surface area contributed by atoms with Gasteiger partial charge in [0.05, 0.1) is 26.5 Å². The molecule has 1 amide bonds. The highest BCUT2D eigenvalue weighted by atomic mass is 35.5. The van der Waals surface area contributed by atoms with Crippen LogP contribution in [0.15, 0.2) is 47.1 Å². The van der Waals surface area contributed by atoms with E-state index in [4.69, 9.17) is 37.2 Å². The van der Waals surface area contributed by atoms with E-state index in [9.17, 15) is 4.79 Å². The number of rotatable bonds is 4. The zero-order valence-electron chi connectivity index (χ0n) is 15.8. The van der Waals surface area contributed by atoms with Crippen molar-refractivity contribution in [3.63, 3.8) is 0 Å². The van der Waals surface area contributed by atoms with Gasteiger partial charge in [-0.3, -0.25) is 4.79 Å². The van der Waals surface area contributed by atoms with Crippen LogP contribution in [0.5, 0.6) is 11.5 Å². The van der Waals surface area contributed by atoms with E-state index in [2.05, 4.69) is 5.16 Å². The average molecular weight is 433 g/mol. The average Bonchev–Trinajstić information content (AvgIpc) is 3.25. The van der Waals surface area contributed by atoms with E-state index >= 15 is 0 Å². The molecule has 3 aromatic rings. The Labute approximate surface area is 177 Å². The second-order valence-corrected chi connectivity index (χ2v) is 7.51. The lowest BCUT2D eigenvalue weighted by Crippen LogP contribution is -2.40. The normalized spacial score (nSPS) is 15.7. The summed E-state index contributed by atoms with van der Waals surface area (Å²) in [6.45, 7) is 0.470. The van der Waals surface area contributed by atoms with Crippen molar-refractivity contribution < 1.29 is 18.8 Å². The Kier molecular flexibility index (Phi) is 5.39. The predicted molar refractivity (Wildman–Crippen MR) is 109 cm³/mol. The van der Waals surface area contributed by atoms with E-state index in [1.807, 2.05) is 6.07 Å². The van der Waals surface area contributed by atoms with Gasteiger partial charge in [-0.2, -0.15) is 0 Å². The molecule has 0 radical (unpaired) electrons. The quantitative estimate of drug-likeness (QED) is 0.592. The Morgan fingerprint density at radius 2 is 1.90 bits per heavy atom. The molecule has 2 heterocycles. The number of carbonyl (C=O) groups is 1. The van der Waals surface area contributed by atoms with Gasteiger partial charge in [0.15, 0.2) is 0 Å². The number of amides is 1. The molecule has 0 aliphatic carbocycles. The van der Waals surface area contributed by atoms with Gasteiger partial charge >= 0.3 is 0 Å². The highest BCUT2D eigenvalue weighted by Crippen LogP contribution is 2.44. The molecule has 0 fully saturated rings. The van der Waals surface area contributed by atoms with Crippen LogP contribution in [0.1, 0.15) is 33.3 Å². The minimum Gasteiger partial charge on any atom is -0.497 e. The summed E-state index contributed by atoms with van der Waals surface area (Å²) in [5.41, 5.74) is 2.68. The monoisotopic (exact) mass is 432 g/mol. The van der Waals surface area contributed by atoms with Crippen LogP contribution in [0, 0.1) is 0 Å². The summed E-state index contributed by atoms with van der Waals surface area (Å²) in [5.74, 6) is 1.21. The van der Waals surface area contributed by atoms with Gasteiger partial charge in [0.2, 0.25) is 5.76 Å². The molecule has 0 bridgehead atoms. The summed E-state index contributed by atoms with van der Waals surface area (Å²) in [6, 6.07) is 10.1. The third-order valence-corrected chi connectivity index (χ3v) is 5.41. The maximum atomic E-state index is 13.2. The lowest BCUT2D eigenvalue weighted by atomic mass is 9.87. The van der Waals surface area contributed by atoms with Crippen LogP contribution in [0.2, 0.25) is 10.0 Å². The second kappa shape index (κ2) is 7.97. The molecule has 1 aliphatic rings. The minimum absolute atomic E-state index is 0.166. The minimum atomic E-state index is -0.464. The van der Waals surface area contributed by atoms with Gasteiger partial charge in [-0.25, -0.2) is 0 Å². The van der Waals surface area contributed by atoms with Crippen molar-refractivity contribution in [2.45, 2.75) is 12.5 Å². The fourth-order valence-electron chi connectivity index (χ4n) is 3.75. The van der Waals surface area contributed by atoms with Crippen molar-refractivity contribution in [3.05, 3.63) is 75.1 Å². The number of halogens is 2. The van der Waals surface area contributed by atoms with Gasteiger partial charge in [-0.1, -0.05) is 28.4 Å². The Morgan fingerprint density at radius 1 is 1.14 bits per heavy atom. The lowest BCUT2D eigenvalue weighted by molar-refractivity contribution is 0.0649. The number of ether oxygens (including phenoxy) is 2. The molecule has 0 spiro atoms. The largest absolute Gasteiger partial charge is 0.497 e. The number of hydrogen-bond donors (Lipinski definition) is 0. The zero-order valence-corrected chi connectivity index (χ0v) is 17.3. The van der Waals surface area contributed by atoms with Gasteiger partial charge in [0.25, 0.3) is 5.91 Å². The molecule has 8 heteroatoms. The number of carbonyl (C=O) groups excluding carboxylic acids is 1. The van der Waals surface area contributed by atoms with E-state index in [1.54, 1.807) is 49.5 Å². The summed E-state index contributed by atoms with van der Waals surface area (Å²) < 4.78 is 16.2. The summed E-state index contributed by atoms with van der Waals surface area (Å²) in [6.07, 6.45) is 2.08. The second-order valence-electron chi connectivity index (χ2n) is 6.63. The molecule has 0 saturated carbocycles. The van der Waals surface area contributed by atoms with Crippen molar-refractivity contribution in [2.75, 3.05) is 20.8 Å². The number of benzene rings is 2. The molecule has 4 rings (SSSR count). The number of methoxy groups -OCH3 is 2. The maximum Gasteiger partial charge on any atom is 0.293 e. The molecule has 150 valence electrons. The molecule has 0 N–H and O–H groups in total. The Morgan fingerprint density at radius 3 is 2.52 bits per heavy atom. The van der Waals surface area contributed by atoms with Gasteiger partial charge in [0, 0.05) is 34.3 Å². The summed E-state index contributed by atoms with van der Waals surface area (Å²) in [7, 11) is 3.20. The first-order chi connectivity index (χ1) is 14.0. The number of nitrogens with zero attached hydrogens (tertiary/aromatic N) is 2.